The number of nitrogens with two attached hydrogens (primary N) is 1. The van der Waals surface area contributed by atoms with Crippen LogP contribution in [0.2, 0.25) is 0 Å². The van der Waals surface area contributed by atoms with Crippen molar-refractivity contribution in [3.8, 4) is 0 Å². The molecule has 0 unspecified atom stereocenters. The summed E-state index contributed by atoms with van der Waals surface area (Å²) in [7, 11) is 0. The van der Waals surface area contributed by atoms with Gasteiger partial charge in [-0.3, -0.25) is 40.5 Å². The average molecular weight is 1330 g/mol. The normalized spacial score (nSPS) is 11.0. The van der Waals surface area contributed by atoms with Gasteiger partial charge in [-0.15, -0.1) is 0 Å². The first-order valence-electron chi connectivity index (χ1n) is 25.5. The van der Waals surface area contributed by atoms with Gasteiger partial charge in [0.1, 0.15) is 0 Å². The minimum absolute atomic E-state index is 0. The number of benzene rings is 5. The number of hydrogen-bond donors (Lipinski definition) is 6. The van der Waals surface area contributed by atoms with E-state index in [9.17, 15) is 40.5 Å². The topological polar surface area (TPSA) is 278 Å². The number of non-ortho nitro benzene ring substituents is 4. The van der Waals surface area contributed by atoms with Gasteiger partial charge in [-0.2, -0.15) is 0 Å². The number of nitro benzene ring substituents is 4. The van der Waals surface area contributed by atoms with Gasteiger partial charge >= 0.3 is 16.5 Å². The van der Waals surface area contributed by atoms with E-state index < -0.39 is 9.85 Å². The maximum absolute atomic E-state index is 10.6. The molecular weight excluding hydrogens is 1240 g/mol. The first kappa shape index (κ1) is 76.7. The van der Waals surface area contributed by atoms with Gasteiger partial charge in [0.05, 0.1) is 41.8 Å². The quantitative estimate of drug-likeness (QED) is 0.0321. The van der Waals surface area contributed by atoms with Crippen LogP contribution in [0.15, 0.2) is 134 Å². The van der Waals surface area contributed by atoms with E-state index in [4.69, 9.17) is 5.73 Å². The molecule has 10 rings (SSSR count). The summed E-state index contributed by atoms with van der Waals surface area (Å²) in [4.78, 5) is 55.7. The Morgan fingerprint density at radius 3 is 0.869 bits per heavy atom. The van der Waals surface area contributed by atoms with Gasteiger partial charge in [-0.25, -0.2) is 0 Å². The van der Waals surface area contributed by atoms with Gasteiger partial charge in [-0.05, 0) is 92.2 Å². The fraction of sp³-hybridized carbons (Fsp3) is 0.365. The zero-order valence-electron chi connectivity index (χ0n) is 48.4. The van der Waals surface area contributed by atoms with E-state index in [1.807, 2.05) is 48.8 Å². The van der Waals surface area contributed by atoms with Gasteiger partial charge in [0.15, 0.2) is 0 Å². The Hall–Kier alpha value is -7.35. The van der Waals surface area contributed by atoms with Crippen molar-refractivity contribution in [1.29, 1.82) is 0 Å². The number of halogens is 2. The Labute approximate surface area is 520 Å². The van der Waals surface area contributed by atoms with E-state index in [0.717, 1.165) is 54.8 Å². The predicted octanol–water partition coefficient (Wildman–Crippen LogP) is 19.9. The molecule has 0 spiro atoms. The van der Waals surface area contributed by atoms with Crippen molar-refractivity contribution in [2.75, 3.05) is 5.73 Å². The number of rotatable bonds is 4. The molecule has 0 saturated carbocycles. The SMILES string of the molecule is C.C.C.CC(C)(C)Br.CC(C)(C)Br.CC(C)(C)c1c[nH]c2cc(N)ccc12.CC(C)(C)c1c[nH]c2cc([N+](=O)[O-])ccc12.CC(C)(C)c1c[nH]c2cc([N+](=O)[O-])ccc12.O=[N+]([O-])c1ccc2cc[nH]c2c1.O=[N+]([O-])c1ccc2cc[nH]c2c1.[NiH]. The second-order valence-electron chi connectivity index (χ2n) is 23.8. The molecule has 0 atom stereocenters. The second kappa shape index (κ2) is 31.5. The zero-order valence-corrected chi connectivity index (χ0v) is 52.6. The van der Waals surface area contributed by atoms with Crippen molar-refractivity contribution >= 4 is 115 Å². The number of nitro groups is 4. The molecule has 5 aromatic carbocycles. The fourth-order valence-electron chi connectivity index (χ4n) is 7.76. The summed E-state index contributed by atoms with van der Waals surface area (Å²) in [6.07, 6.45) is 9.44. The third kappa shape index (κ3) is 23.7. The number of anilines is 1. The van der Waals surface area contributed by atoms with Gasteiger partial charge in [0.2, 0.25) is 0 Å². The van der Waals surface area contributed by atoms with Crippen molar-refractivity contribution in [2.45, 2.75) is 151 Å². The molecular formula is C63H87Br2N10NiO8. The van der Waals surface area contributed by atoms with Crippen LogP contribution in [0.25, 0.3) is 54.5 Å². The van der Waals surface area contributed by atoms with E-state index in [1.165, 1.54) is 46.3 Å². The van der Waals surface area contributed by atoms with Gasteiger partial charge in [0, 0.05) is 116 Å². The molecule has 0 radical (unpaired) electrons. The minimum atomic E-state index is -0.402. The summed E-state index contributed by atoms with van der Waals surface area (Å²) in [6, 6.07) is 29.1. The first-order chi connectivity index (χ1) is 36.8. The van der Waals surface area contributed by atoms with E-state index >= 15 is 0 Å². The van der Waals surface area contributed by atoms with Crippen molar-refractivity contribution in [2.24, 2.45) is 0 Å². The Morgan fingerprint density at radius 1 is 0.369 bits per heavy atom. The fourth-order valence-corrected chi connectivity index (χ4v) is 7.76. The van der Waals surface area contributed by atoms with Crippen LogP contribution in [-0.4, -0.2) is 53.3 Å². The third-order valence-electron chi connectivity index (χ3n) is 11.4. The summed E-state index contributed by atoms with van der Waals surface area (Å²) >= 11 is 6.75. The van der Waals surface area contributed by atoms with Crippen LogP contribution >= 0.6 is 31.9 Å². The van der Waals surface area contributed by atoms with Crippen molar-refractivity contribution in [3.63, 3.8) is 0 Å². The van der Waals surface area contributed by atoms with Gasteiger partial charge in [0.25, 0.3) is 22.7 Å². The molecule has 5 aromatic heterocycles. The number of hydrogen-bond acceptors (Lipinski definition) is 9. The monoisotopic (exact) mass is 1330 g/mol. The molecule has 10 aromatic rings. The molecule has 0 saturated heterocycles. The average Bonchev–Trinajstić information content (AvgIpc) is 3.95. The number of fused-ring (bicyclic) bond motifs is 5. The second-order valence-corrected chi connectivity index (χ2v) is 28.5. The van der Waals surface area contributed by atoms with Crippen LogP contribution in [0.5, 0.6) is 0 Å². The molecule has 0 aliphatic heterocycles. The number of nitrogen functional groups attached to an aromatic ring is 1. The number of nitrogens with one attached hydrogen (secondary N) is 5. The molecule has 21 heteroatoms. The number of aromatic amines is 5. The van der Waals surface area contributed by atoms with E-state index in [-0.39, 0.29) is 87.6 Å². The molecule has 5 heterocycles. The number of alkyl halides is 2. The molecule has 18 nitrogen and oxygen atoms in total. The summed E-state index contributed by atoms with van der Waals surface area (Å²) in [6.45, 7) is 32.0. The number of H-pyrrole nitrogens is 5. The van der Waals surface area contributed by atoms with Crippen LogP contribution < -0.4 is 5.73 Å². The Bertz CT molecular complexity index is 3520. The maximum atomic E-state index is 10.6. The molecule has 0 bridgehead atoms. The van der Waals surface area contributed by atoms with Crippen molar-refractivity contribution in [1.82, 2.24) is 24.9 Å². The van der Waals surface area contributed by atoms with Crippen LogP contribution in [0.1, 0.15) is 143 Å². The van der Waals surface area contributed by atoms with Gasteiger partial charge in [-0.1, -0.05) is 164 Å². The zero-order chi connectivity index (χ0) is 60.3. The Kier molecular flexibility index (Phi) is 28.8. The number of nitrogens with zero attached hydrogens (tertiary/aromatic N) is 4. The van der Waals surface area contributed by atoms with Crippen LogP contribution in [-0.2, 0) is 32.7 Å². The standard InChI is InChI=1S/2C12H14N2O2.C12H16N2.2C8H6N2O2.2C4H9Br.3CH4.Ni.H/c2*1-12(2,3)10-7-13-11-6-8(14(15)16)4-5-9(10)11;1-12(2,3)10-7-14-11-6-8(13)4-5-9(10)11;2*11-10(12)7-2-1-6-3-4-9-8(6)5-7;2*1-4(2,3)5;;;;;/h2*4-7,13H,1-3H3;4-7,14H,13H2,1-3H3;2*1-5,9H;2*1-3H3;3*1H4;;. The third-order valence-corrected chi connectivity index (χ3v) is 11.4. The first-order valence-corrected chi connectivity index (χ1v) is 27.1. The summed E-state index contributed by atoms with van der Waals surface area (Å²) in [5.41, 5.74) is 15.3. The summed E-state index contributed by atoms with van der Waals surface area (Å²) in [5.74, 6) is 0. The van der Waals surface area contributed by atoms with Crippen molar-refractivity contribution in [3.05, 3.63) is 191 Å². The van der Waals surface area contributed by atoms with E-state index in [2.05, 4.69) is 173 Å². The Balaban J connectivity index is 0.000000977. The summed E-state index contributed by atoms with van der Waals surface area (Å²) < 4.78 is 0.625. The predicted molar refractivity (Wildman–Crippen MR) is 358 cm³/mol. The van der Waals surface area contributed by atoms with Crippen molar-refractivity contribution < 1.29 is 36.2 Å². The number of aromatic nitrogens is 5. The molecule has 0 amide bonds. The molecule has 0 fully saturated rings. The molecule has 0 aliphatic rings. The molecule has 84 heavy (non-hydrogen) atoms. The van der Waals surface area contributed by atoms with E-state index in [1.54, 1.807) is 48.8 Å². The van der Waals surface area contributed by atoms with Crippen LogP contribution in [0.4, 0.5) is 28.4 Å². The van der Waals surface area contributed by atoms with E-state index in [0.29, 0.717) is 8.65 Å². The molecule has 0 aliphatic carbocycles. The van der Waals surface area contributed by atoms with Crippen LogP contribution in [0, 0.1) is 40.5 Å². The molecule has 461 valence electrons. The molecule has 7 N–H and O–H groups in total. The van der Waals surface area contributed by atoms with Gasteiger partial charge < -0.3 is 30.7 Å². The van der Waals surface area contributed by atoms with Crippen LogP contribution in [0.3, 0.4) is 0 Å². The Morgan fingerprint density at radius 2 is 0.607 bits per heavy atom. The summed E-state index contributed by atoms with van der Waals surface area (Å²) in [5, 5.41) is 47.3.